The molecule has 0 aliphatic carbocycles. The maximum Gasteiger partial charge on any atom is 0.267 e. The molecule has 11 heteroatoms. The number of amides is 1. The van der Waals surface area contributed by atoms with Gasteiger partial charge in [0.15, 0.2) is 0 Å². The zero-order chi connectivity index (χ0) is 27.9. The molecule has 40 heavy (non-hydrogen) atoms. The number of nitrogen functional groups attached to an aromatic ring is 1. The summed E-state index contributed by atoms with van der Waals surface area (Å²) in [7, 11) is -3.01. The molecule has 0 radical (unpaired) electrons. The van der Waals surface area contributed by atoms with Gasteiger partial charge >= 0.3 is 0 Å². The highest BCUT2D eigenvalue weighted by Crippen LogP contribution is 2.37. The van der Waals surface area contributed by atoms with Crippen molar-refractivity contribution in [3.63, 3.8) is 0 Å². The number of rotatable bonds is 5. The molecule has 5 aromatic rings. The fraction of sp³-hybridized carbons (Fsp3) is 0.172. The van der Waals surface area contributed by atoms with Crippen LogP contribution in [0.1, 0.15) is 29.2 Å². The third-order valence-corrected chi connectivity index (χ3v) is 8.95. The van der Waals surface area contributed by atoms with Crippen molar-refractivity contribution in [1.29, 1.82) is 0 Å². The molecule has 3 aromatic heterocycles. The molecule has 202 valence electrons. The number of carbonyl (C=O) groups excluding carboxylic acids is 1. The molecule has 0 atom stereocenters. The Morgan fingerprint density at radius 3 is 2.40 bits per heavy atom. The number of sulfone groups is 1. The van der Waals surface area contributed by atoms with Crippen molar-refractivity contribution in [2.75, 3.05) is 22.6 Å². The predicted octanol–water partition coefficient (Wildman–Crippen LogP) is 3.83. The monoisotopic (exact) mass is 554 g/mol. The van der Waals surface area contributed by atoms with E-state index in [-0.39, 0.29) is 23.1 Å². The summed E-state index contributed by atoms with van der Waals surface area (Å²) in [6.45, 7) is 0. The number of nitrogens with zero attached hydrogens (tertiary/aromatic N) is 4. The first-order valence-electron chi connectivity index (χ1n) is 12.8. The van der Waals surface area contributed by atoms with Gasteiger partial charge in [-0.15, -0.1) is 0 Å². The van der Waals surface area contributed by atoms with Gasteiger partial charge in [-0.2, -0.15) is 0 Å². The van der Waals surface area contributed by atoms with Crippen LogP contribution < -0.4 is 16.6 Å². The molecule has 1 saturated heterocycles. The van der Waals surface area contributed by atoms with E-state index in [2.05, 4.69) is 15.3 Å². The van der Waals surface area contributed by atoms with Crippen LogP contribution in [0.25, 0.3) is 27.8 Å². The molecule has 0 saturated carbocycles. The van der Waals surface area contributed by atoms with E-state index in [9.17, 15) is 18.0 Å². The SMILES string of the molecule is Nc1ncnc2c1c(-c1ccc(NC(=O)c3cccn(-c4ccccc4)c3=O)cc1)cn2C1CCS(=O)(=O)CC1. The minimum atomic E-state index is -3.01. The first-order chi connectivity index (χ1) is 19.3. The van der Waals surface area contributed by atoms with E-state index in [1.54, 1.807) is 36.5 Å². The summed E-state index contributed by atoms with van der Waals surface area (Å²) in [6, 6.07) is 19.5. The van der Waals surface area contributed by atoms with Crippen LogP contribution in [0, 0.1) is 0 Å². The minimum Gasteiger partial charge on any atom is -0.383 e. The Kier molecular flexibility index (Phi) is 6.43. The highest BCUT2D eigenvalue weighted by atomic mass is 32.2. The quantitative estimate of drug-likeness (QED) is 0.336. The summed E-state index contributed by atoms with van der Waals surface area (Å²) in [5.74, 6) is 0.0988. The lowest BCUT2D eigenvalue weighted by atomic mass is 10.1. The zero-order valence-electron chi connectivity index (χ0n) is 21.4. The Morgan fingerprint density at radius 2 is 1.68 bits per heavy atom. The number of pyridine rings is 1. The van der Waals surface area contributed by atoms with Crippen LogP contribution in [-0.2, 0) is 9.84 Å². The van der Waals surface area contributed by atoms with Gasteiger partial charge in [0, 0.05) is 35.4 Å². The average Bonchev–Trinajstić information content (AvgIpc) is 3.35. The third kappa shape index (κ3) is 4.75. The summed E-state index contributed by atoms with van der Waals surface area (Å²) in [5.41, 5.74) is 9.36. The van der Waals surface area contributed by atoms with E-state index in [4.69, 9.17) is 5.73 Å². The van der Waals surface area contributed by atoms with Crippen LogP contribution in [-0.4, -0.2) is 44.9 Å². The van der Waals surface area contributed by atoms with Crippen LogP contribution in [0.15, 0.2) is 90.2 Å². The van der Waals surface area contributed by atoms with Gasteiger partial charge in [-0.1, -0.05) is 30.3 Å². The summed E-state index contributed by atoms with van der Waals surface area (Å²) in [4.78, 5) is 34.7. The lowest BCUT2D eigenvalue weighted by Gasteiger charge is -2.23. The number of benzene rings is 2. The minimum absolute atomic E-state index is 0.0153. The number of nitrogens with one attached hydrogen (secondary N) is 1. The maximum absolute atomic E-state index is 13.0. The van der Waals surface area contributed by atoms with Crippen molar-refractivity contribution in [2.24, 2.45) is 0 Å². The highest BCUT2D eigenvalue weighted by Gasteiger charge is 2.27. The smallest absolute Gasteiger partial charge is 0.267 e. The number of nitrogens with two attached hydrogens (primary N) is 1. The Balaban J connectivity index is 1.28. The van der Waals surface area contributed by atoms with Gasteiger partial charge in [-0.05, 0) is 54.8 Å². The van der Waals surface area contributed by atoms with Crippen LogP contribution in [0.4, 0.5) is 11.5 Å². The molecule has 1 fully saturated rings. The van der Waals surface area contributed by atoms with E-state index in [1.807, 2.05) is 41.1 Å². The standard InChI is InChI=1S/C29H26N6O4S/c30-26-25-24(17-35(27(25)32-18-31-26)22-12-15-40(38,39)16-13-22)19-8-10-20(11-9-19)33-28(36)23-7-4-14-34(29(23)37)21-5-2-1-3-6-21/h1-11,14,17-18,22H,12-13,15-16H2,(H,33,36)(H2,30,31,32). The lowest BCUT2D eigenvalue weighted by molar-refractivity contribution is 0.102. The maximum atomic E-state index is 13.0. The fourth-order valence-electron chi connectivity index (χ4n) is 5.15. The summed E-state index contributed by atoms with van der Waals surface area (Å²) in [6.07, 6.45) is 5.99. The molecule has 6 rings (SSSR count). The van der Waals surface area contributed by atoms with E-state index in [0.717, 1.165) is 11.1 Å². The normalized spacial score (nSPS) is 15.2. The second-order valence-corrected chi connectivity index (χ2v) is 12.1. The molecule has 4 heterocycles. The molecule has 3 N–H and O–H groups in total. The molecule has 10 nitrogen and oxygen atoms in total. The number of anilines is 2. The van der Waals surface area contributed by atoms with Crippen molar-refractivity contribution >= 4 is 38.3 Å². The zero-order valence-corrected chi connectivity index (χ0v) is 22.2. The molecule has 2 aromatic carbocycles. The van der Waals surface area contributed by atoms with E-state index in [0.29, 0.717) is 41.1 Å². The molecule has 0 spiro atoms. The molecule has 1 amide bonds. The second kappa shape index (κ2) is 10.1. The van der Waals surface area contributed by atoms with Crippen molar-refractivity contribution < 1.29 is 13.2 Å². The number of carbonyl (C=O) groups is 1. The van der Waals surface area contributed by atoms with Crippen LogP contribution in [0.2, 0.25) is 0 Å². The lowest BCUT2D eigenvalue weighted by Crippen LogP contribution is -2.27. The van der Waals surface area contributed by atoms with Gasteiger partial charge in [-0.25, -0.2) is 18.4 Å². The molecular weight excluding hydrogens is 528 g/mol. The van der Waals surface area contributed by atoms with Crippen LogP contribution in [0.3, 0.4) is 0 Å². The van der Waals surface area contributed by atoms with Gasteiger partial charge in [0.1, 0.15) is 33.2 Å². The highest BCUT2D eigenvalue weighted by molar-refractivity contribution is 7.91. The molecular formula is C29H26N6O4S. The Hall–Kier alpha value is -4.77. The van der Waals surface area contributed by atoms with Crippen molar-refractivity contribution in [3.05, 3.63) is 101 Å². The van der Waals surface area contributed by atoms with E-state index < -0.39 is 21.3 Å². The average molecular weight is 555 g/mol. The topological polar surface area (TPSA) is 142 Å². The van der Waals surface area contributed by atoms with Crippen molar-refractivity contribution in [3.8, 4) is 16.8 Å². The van der Waals surface area contributed by atoms with Crippen LogP contribution >= 0.6 is 0 Å². The van der Waals surface area contributed by atoms with Gasteiger partial charge < -0.3 is 15.6 Å². The first kappa shape index (κ1) is 25.5. The van der Waals surface area contributed by atoms with Gasteiger partial charge in [0.2, 0.25) is 0 Å². The summed E-state index contributed by atoms with van der Waals surface area (Å²) >= 11 is 0. The first-order valence-corrected chi connectivity index (χ1v) is 14.6. The third-order valence-electron chi connectivity index (χ3n) is 7.24. The van der Waals surface area contributed by atoms with E-state index >= 15 is 0 Å². The van der Waals surface area contributed by atoms with Gasteiger partial charge in [0.05, 0.1) is 16.9 Å². The molecule has 1 aliphatic heterocycles. The number of hydrogen-bond donors (Lipinski definition) is 2. The van der Waals surface area contributed by atoms with Gasteiger partial charge in [0.25, 0.3) is 11.5 Å². The number of para-hydroxylation sites is 1. The van der Waals surface area contributed by atoms with Crippen molar-refractivity contribution in [2.45, 2.75) is 18.9 Å². The number of fused-ring (bicyclic) bond motifs is 1. The number of hydrogen-bond acceptors (Lipinski definition) is 7. The largest absolute Gasteiger partial charge is 0.383 e. The molecule has 0 unspecified atom stereocenters. The van der Waals surface area contributed by atoms with E-state index in [1.165, 1.54) is 17.0 Å². The Morgan fingerprint density at radius 1 is 0.950 bits per heavy atom. The summed E-state index contributed by atoms with van der Waals surface area (Å²) < 4.78 is 27.4. The predicted molar refractivity (Wildman–Crippen MR) is 154 cm³/mol. The molecule has 0 bridgehead atoms. The second-order valence-electron chi connectivity index (χ2n) is 9.75. The number of aromatic nitrogens is 4. The van der Waals surface area contributed by atoms with Gasteiger partial charge in [-0.3, -0.25) is 14.2 Å². The van der Waals surface area contributed by atoms with Crippen molar-refractivity contribution in [1.82, 2.24) is 19.1 Å². The van der Waals surface area contributed by atoms with Crippen LogP contribution in [0.5, 0.6) is 0 Å². The fourth-order valence-corrected chi connectivity index (χ4v) is 6.62. The Labute approximate surface area is 230 Å². The molecule has 1 aliphatic rings. The Bertz CT molecular complexity index is 1880. The summed E-state index contributed by atoms with van der Waals surface area (Å²) in [5, 5.41) is 3.50.